The number of imidazole rings is 1. The Morgan fingerprint density at radius 1 is 1.33 bits per heavy atom. The van der Waals surface area contributed by atoms with Crippen molar-refractivity contribution in [1.82, 2.24) is 9.55 Å². The van der Waals surface area contributed by atoms with Crippen molar-refractivity contribution in [3.63, 3.8) is 0 Å². The zero-order valence-corrected chi connectivity index (χ0v) is 12.4. The van der Waals surface area contributed by atoms with Crippen molar-refractivity contribution < 1.29 is 18.3 Å². The SMILES string of the molecule is Cc1nc2c(C(=O)O)cccc2n1C1CCS(=O)(=O)CC1. The molecule has 2 heterocycles. The summed E-state index contributed by atoms with van der Waals surface area (Å²) in [5.74, 6) is 0.0737. The minimum atomic E-state index is -2.92. The number of carboxylic acids is 1. The molecule has 1 aromatic carbocycles. The van der Waals surface area contributed by atoms with Crippen molar-refractivity contribution >= 4 is 26.8 Å². The van der Waals surface area contributed by atoms with Gasteiger partial charge < -0.3 is 9.67 Å². The van der Waals surface area contributed by atoms with E-state index >= 15 is 0 Å². The van der Waals surface area contributed by atoms with E-state index in [1.807, 2.05) is 17.6 Å². The van der Waals surface area contributed by atoms with E-state index in [-0.39, 0.29) is 23.1 Å². The second-order valence-electron chi connectivity index (χ2n) is 5.39. The average Bonchev–Trinajstić information content (AvgIpc) is 2.74. The summed E-state index contributed by atoms with van der Waals surface area (Å²) >= 11 is 0. The second-order valence-corrected chi connectivity index (χ2v) is 7.69. The molecular formula is C14H16N2O4S. The van der Waals surface area contributed by atoms with Gasteiger partial charge in [0.05, 0.1) is 22.6 Å². The highest BCUT2D eigenvalue weighted by atomic mass is 32.2. The van der Waals surface area contributed by atoms with Crippen LogP contribution >= 0.6 is 0 Å². The summed E-state index contributed by atoms with van der Waals surface area (Å²) in [5, 5.41) is 9.23. The van der Waals surface area contributed by atoms with Crippen LogP contribution in [-0.2, 0) is 9.84 Å². The van der Waals surface area contributed by atoms with Gasteiger partial charge in [-0.3, -0.25) is 0 Å². The van der Waals surface area contributed by atoms with Gasteiger partial charge >= 0.3 is 5.97 Å². The van der Waals surface area contributed by atoms with E-state index in [2.05, 4.69) is 4.98 Å². The third-order valence-corrected chi connectivity index (χ3v) is 5.73. The van der Waals surface area contributed by atoms with Crippen LogP contribution in [-0.4, -0.2) is 40.6 Å². The largest absolute Gasteiger partial charge is 0.478 e. The van der Waals surface area contributed by atoms with E-state index in [1.165, 1.54) is 6.07 Å². The van der Waals surface area contributed by atoms with Crippen LogP contribution in [0.2, 0.25) is 0 Å². The molecule has 112 valence electrons. The normalized spacial score (nSPS) is 18.9. The number of carboxylic acid groups (broad SMARTS) is 1. The van der Waals surface area contributed by atoms with Gasteiger partial charge in [0.2, 0.25) is 0 Å². The van der Waals surface area contributed by atoms with Gasteiger partial charge in [-0.2, -0.15) is 0 Å². The lowest BCUT2D eigenvalue weighted by atomic mass is 10.1. The maximum Gasteiger partial charge on any atom is 0.337 e. The maximum atomic E-state index is 11.6. The molecule has 0 atom stereocenters. The standard InChI is InChI=1S/C14H16N2O4S/c1-9-15-13-11(14(17)18)3-2-4-12(13)16(9)10-5-7-21(19,20)8-6-10/h2-4,10H,5-8H2,1H3,(H,17,18). The highest BCUT2D eigenvalue weighted by Crippen LogP contribution is 2.30. The molecule has 1 N–H and O–H groups in total. The van der Waals surface area contributed by atoms with E-state index in [0.717, 1.165) is 11.3 Å². The van der Waals surface area contributed by atoms with Crippen molar-refractivity contribution in [1.29, 1.82) is 0 Å². The minimum Gasteiger partial charge on any atom is -0.478 e. The molecule has 0 radical (unpaired) electrons. The molecule has 1 aliphatic rings. The molecule has 1 fully saturated rings. The Balaban J connectivity index is 2.10. The summed E-state index contributed by atoms with van der Waals surface area (Å²) in [5.41, 5.74) is 1.41. The topological polar surface area (TPSA) is 89.3 Å². The summed E-state index contributed by atoms with van der Waals surface area (Å²) in [6.45, 7) is 1.83. The highest BCUT2D eigenvalue weighted by Gasteiger charge is 2.27. The molecule has 1 aromatic heterocycles. The zero-order chi connectivity index (χ0) is 15.2. The highest BCUT2D eigenvalue weighted by molar-refractivity contribution is 7.91. The van der Waals surface area contributed by atoms with Crippen LogP contribution in [0.15, 0.2) is 18.2 Å². The molecule has 0 amide bonds. The zero-order valence-electron chi connectivity index (χ0n) is 11.6. The number of aromatic carboxylic acids is 1. The van der Waals surface area contributed by atoms with E-state index in [0.29, 0.717) is 18.4 Å². The van der Waals surface area contributed by atoms with Crippen LogP contribution in [0, 0.1) is 6.92 Å². The third-order valence-electron chi connectivity index (χ3n) is 4.02. The van der Waals surface area contributed by atoms with Crippen molar-refractivity contribution in [2.75, 3.05) is 11.5 Å². The van der Waals surface area contributed by atoms with Gasteiger partial charge in [0.15, 0.2) is 0 Å². The van der Waals surface area contributed by atoms with Crippen molar-refractivity contribution in [3.8, 4) is 0 Å². The number of aromatic nitrogens is 2. The Morgan fingerprint density at radius 3 is 2.62 bits per heavy atom. The first kappa shape index (κ1) is 14.1. The first-order chi connectivity index (χ1) is 9.89. The van der Waals surface area contributed by atoms with Gasteiger partial charge in [-0.25, -0.2) is 18.2 Å². The molecule has 3 rings (SSSR count). The number of sulfone groups is 1. The van der Waals surface area contributed by atoms with Gasteiger partial charge in [0.25, 0.3) is 0 Å². The summed E-state index contributed by atoms with van der Waals surface area (Å²) in [6.07, 6.45) is 1.10. The molecule has 1 aliphatic heterocycles. The van der Waals surface area contributed by atoms with Crippen LogP contribution in [0.4, 0.5) is 0 Å². The maximum absolute atomic E-state index is 11.6. The molecule has 6 nitrogen and oxygen atoms in total. The fourth-order valence-corrected chi connectivity index (χ4v) is 4.47. The number of nitrogens with zero attached hydrogens (tertiary/aromatic N) is 2. The molecule has 0 aliphatic carbocycles. The third kappa shape index (κ3) is 2.42. The van der Waals surface area contributed by atoms with Crippen LogP contribution in [0.5, 0.6) is 0 Å². The lowest BCUT2D eigenvalue weighted by Gasteiger charge is -2.25. The number of hydrogen-bond acceptors (Lipinski definition) is 4. The van der Waals surface area contributed by atoms with Gasteiger partial charge in [0.1, 0.15) is 21.2 Å². The Morgan fingerprint density at radius 2 is 2.00 bits per heavy atom. The van der Waals surface area contributed by atoms with Crippen LogP contribution in [0.25, 0.3) is 11.0 Å². The Kier molecular flexibility index (Phi) is 3.24. The smallest absolute Gasteiger partial charge is 0.337 e. The molecule has 7 heteroatoms. The molecule has 0 unspecified atom stereocenters. The predicted octanol–water partition coefficient (Wildman–Crippen LogP) is 1.79. The Labute approximate surface area is 122 Å². The fourth-order valence-electron chi connectivity index (χ4n) is 3.00. The number of rotatable bonds is 2. The molecule has 21 heavy (non-hydrogen) atoms. The first-order valence-corrected chi connectivity index (χ1v) is 8.62. The molecule has 0 spiro atoms. The molecule has 0 saturated carbocycles. The van der Waals surface area contributed by atoms with E-state index < -0.39 is 15.8 Å². The number of benzene rings is 1. The van der Waals surface area contributed by atoms with E-state index in [9.17, 15) is 18.3 Å². The number of hydrogen-bond donors (Lipinski definition) is 1. The van der Waals surface area contributed by atoms with Gasteiger partial charge in [0, 0.05) is 6.04 Å². The van der Waals surface area contributed by atoms with Crippen LogP contribution in [0.1, 0.15) is 35.1 Å². The average molecular weight is 308 g/mol. The summed E-state index contributed by atoms with van der Waals surface area (Å²) in [4.78, 5) is 15.6. The Hall–Kier alpha value is -1.89. The van der Waals surface area contributed by atoms with Crippen LogP contribution < -0.4 is 0 Å². The first-order valence-electron chi connectivity index (χ1n) is 6.80. The number of carbonyl (C=O) groups is 1. The summed E-state index contributed by atoms with van der Waals surface area (Å²) < 4.78 is 25.1. The quantitative estimate of drug-likeness (QED) is 0.913. The molecule has 2 aromatic rings. The number of fused-ring (bicyclic) bond motifs is 1. The van der Waals surface area contributed by atoms with Gasteiger partial charge in [-0.15, -0.1) is 0 Å². The van der Waals surface area contributed by atoms with Gasteiger partial charge in [-0.1, -0.05) is 6.07 Å². The lowest BCUT2D eigenvalue weighted by molar-refractivity contribution is 0.0699. The summed E-state index contributed by atoms with van der Waals surface area (Å²) in [7, 11) is -2.92. The van der Waals surface area contributed by atoms with Gasteiger partial charge in [-0.05, 0) is 31.9 Å². The second kappa shape index (κ2) is 4.84. The van der Waals surface area contributed by atoms with Crippen LogP contribution in [0.3, 0.4) is 0 Å². The van der Waals surface area contributed by atoms with Crippen molar-refractivity contribution in [3.05, 3.63) is 29.6 Å². The fraction of sp³-hybridized carbons (Fsp3) is 0.429. The number of para-hydroxylation sites is 1. The van der Waals surface area contributed by atoms with E-state index in [1.54, 1.807) is 6.07 Å². The minimum absolute atomic E-state index is 0.0579. The predicted molar refractivity (Wildman–Crippen MR) is 78.4 cm³/mol. The monoisotopic (exact) mass is 308 g/mol. The molecule has 1 saturated heterocycles. The van der Waals surface area contributed by atoms with Crippen molar-refractivity contribution in [2.45, 2.75) is 25.8 Å². The summed E-state index contributed by atoms with van der Waals surface area (Å²) in [6, 6.07) is 5.13. The number of aryl methyl sites for hydroxylation is 1. The molecular weight excluding hydrogens is 292 g/mol. The van der Waals surface area contributed by atoms with E-state index in [4.69, 9.17) is 0 Å². The lowest BCUT2D eigenvalue weighted by Crippen LogP contribution is -2.26. The van der Waals surface area contributed by atoms with Crippen molar-refractivity contribution in [2.24, 2.45) is 0 Å². The molecule has 0 bridgehead atoms. The Bertz CT molecular complexity index is 809.